The lowest BCUT2D eigenvalue weighted by molar-refractivity contribution is -0.141. The van der Waals surface area contributed by atoms with Gasteiger partial charge in [-0.25, -0.2) is 4.79 Å². The number of rotatable bonds is 11. The van der Waals surface area contributed by atoms with Crippen molar-refractivity contribution in [3.63, 3.8) is 0 Å². The Balaban J connectivity index is 1.69. The molecule has 3 aromatic rings. The lowest BCUT2D eigenvalue weighted by Gasteiger charge is -2.13. The van der Waals surface area contributed by atoms with Crippen LogP contribution < -0.4 is 4.74 Å². The van der Waals surface area contributed by atoms with Crippen molar-refractivity contribution in [1.82, 2.24) is 4.57 Å². The van der Waals surface area contributed by atoms with E-state index in [1.807, 2.05) is 24.3 Å². The second-order valence-electron chi connectivity index (χ2n) is 7.27. The first-order valence-electron chi connectivity index (χ1n) is 10.4. The van der Waals surface area contributed by atoms with Crippen molar-refractivity contribution in [2.75, 3.05) is 13.2 Å². The number of hydrogen-bond acceptors (Lipinski definition) is 4. The number of hydrogen-bond donors (Lipinski definition) is 1. The highest BCUT2D eigenvalue weighted by Crippen LogP contribution is 2.30. The van der Waals surface area contributed by atoms with Gasteiger partial charge in [0.2, 0.25) is 0 Å². The van der Waals surface area contributed by atoms with E-state index in [-0.39, 0.29) is 13.2 Å². The van der Waals surface area contributed by atoms with E-state index in [0.29, 0.717) is 5.75 Å². The molecule has 0 spiro atoms. The van der Waals surface area contributed by atoms with E-state index in [2.05, 4.69) is 48.4 Å². The Labute approximate surface area is 177 Å². The molecular weight excluding hydrogens is 378 g/mol. The van der Waals surface area contributed by atoms with Crippen molar-refractivity contribution in [2.24, 2.45) is 0 Å². The molecule has 5 nitrogen and oxygen atoms in total. The summed E-state index contributed by atoms with van der Waals surface area (Å²) in [5, 5.41) is 11.1. The highest BCUT2D eigenvalue weighted by atomic mass is 16.5. The van der Waals surface area contributed by atoms with Gasteiger partial charge in [-0.3, -0.25) is 0 Å². The molecule has 0 aliphatic carbocycles. The van der Waals surface area contributed by atoms with Gasteiger partial charge in [0.1, 0.15) is 25.1 Å². The van der Waals surface area contributed by atoms with E-state index in [1.165, 1.54) is 29.4 Å². The van der Waals surface area contributed by atoms with Crippen LogP contribution in [0.15, 0.2) is 67.3 Å². The summed E-state index contributed by atoms with van der Waals surface area (Å²) in [4.78, 5) is 11.0. The van der Waals surface area contributed by atoms with E-state index in [1.54, 1.807) is 0 Å². The third kappa shape index (κ3) is 5.51. The van der Waals surface area contributed by atoms with Crippen LogP contribution in [-0.4, -0.2) is 35.0 Å². The molecule has 158 valence electrons. The van der Waals surface area contributed by atoms with Crippen LogP contribution in [0.1, 0.15) is 26.2 Å². The molecule has 2 aromatic carbocycles. The Bertz CT molecular complexity index is 974. The van der Waals surface area contributed by atoms with Gasteiger partial charge in [-0.05, 0) is 48.4 Å². The Morgan fingerprint density at radius 3 is 2.63 bits per heavy atom. The third-order valence-electron chi connectivity index (χ3n) is 4.97. The van der Waals surface area contributed by atoms with Gasteiger partial charge >= 0.3 is 5.97 Å². The van der Waals surface area contributed by atoms with E-state index in [4.69, 9.17) is 9.47 Å². The van der Waals surface area contributed by atoms with E-state index >= 15 is 0 Å². The number of aliphatic hydroxyl groups is 1. The van der Waals surface area contributed by atoms with Crippen molar-refractivity contribution in [3.8, 4) is 17.0 Å². The molecule has 0 saturated carbocycles. The van der Waals surface area contributed by atoms with Crippen LogP contribution in [0.4, 0.5) is 0 Å². The molecule has 1 aromatic heterocycles. The fourth-order valence-electron chi connectivity index (χ4n) is 3.41. The number of carbonyl (C=O) groups is 1. The Morgan fingerprint density at radius 2 is 1.90 bits per heavy atom. The van der Waals surface area contributed by atoms with Gasteiger partial charge in [0.05, 0.1) is 0 Å². The summed E-state index contributed by atoms with van der Waals surface area (Å²) in [5.74, 6) is 0.0919. The molecule has 1 N–H and O–H groups in total. The van der Waals surface area contributed by atoms with Gasteiger partial charge < -0.3 is 19.1 Å². The van der Waals surface area contributed by atoms with Gasteiger partial charge in [0, 0.05) is 29.2 Å². The molecule has 5 heteroatoms. The van der Waals surface area contributed by atoms with Crippen molar-refractivity contribution < 1.29 is 19.4 Å². The number of nitrogens with zero attached hydrogens (tertiary/aromatic N) is 1. The summed E-state index contributed by atoms with van der Waals surface area (Å²) in [6, 6.07) is 18.5. The number of unbranched alkanes of at least 4 members (excludes halogenated alkanes) is 2. The summed E-state index contributed by atoms with van der Waals surface area (Å²) < 4.78 is 12.8. The van der Waals surface area contributed by atoms with E-state index in [0.717, 1.165) is 24.6 Å². The fourth-order valence-corrected chi connectivity index (χ4v) is 3.41. The number of aryl methyl sites for hydroxylation is 1. The molecular formula is C25H29NO4. The summed E-state index contributed by atoms with van der Waals surface area (Å²) in [6.07, 6.45) is 3.73. The number of esters is 1. The topological polar surface area (TPSA) is 60.7 Å². The van der Waals surface area contributed by atoms with Gasteiger partial charge in [-0.2, -0.15) is 0 Å². The van der Waals surface area contributed by atoms with Crippen molar-refractivity contribution in [1.29, 1.82) is 0 Å². The molecule has 1 heterocycles. The second kappa shape index (κ2) is 10.6. The monoisotopic (exact) mass is 407 g/mol. The number of fused-ring (bicyclic) bond motifs is 1. The zero-order valence-electron chi connectivity index (χ0n) is 17.4. The number of para-hydroxylation sites is 1. The second-order valence-corrected chi connectivity index (χ2v) is 7.27. The van der Waals surface area contributed by atoms with Crippen LogP contribution in [0.25, 0.3) is 22.2 Å². The minimum Gasteiger partial charge on any atom is -0.491 e. The average molecular weight is 408 g/mol. The Hall–Kier alpha value is -3.05. The quantitative estimate of drug-likeness (QED) is 0.277. The van der Waals surface area contributed by atoms with Gasteiger partial charge in [0.15, 0.2) is 0 Å². The van der Waals surface area contributed by atoms with Crippen LogP contribution in [-0.2, 0) is 16.1 Å². The standard InChI is InChI=1S/C25H29NO4/c1-3-5-8-15-26-23-10-7-6-9-20(23)16-24(26)19-11-13-22(14-12-19)29-17-21(27)18-30-25(28)4-2/h4,6-7,9-14,16,21,27H,2-3,5,8,15,17-18H2,1H3. The lowest BCUT2D eigenvalue weighted by Crippen LogP contribution is -2.24. The van der Waals surface area contributed by atoms with Gasteiger partial charge in [0.25, 0.3) is 0 Å². The lowest BCUT2D eigenvalue weighted by atomic mass is 10.1. The van der Waals surface area contributed by atoms with Crippen LogP contribution in [0.2, 0.25) is 0 Å². The highest BCUT2D eigenvalue weighted by molar-refractivity contribution is 5.87. The molecule has 0 saturated heterocycles. The molecule has 0 radical (unpaired) electrons. The van der Waals surface area contributed by atoms with Crippen LogP contribution in [0, 0.1) is 0 Å². The number of benzene rings is 2. The molecule has 0 amide bonds. The first-order chi connectivity index (χ1) is 14.6. The average Bonchev–Trinajstić information content (AvgIpc) is 3.15. The molecule has 0 aliphatic rings. The van der Waals surface area contributed by atoms with Crippen LogP contribution >= 0.6 is 0 Å². The highest BCUT2D eigenvalue weighted by Gasteiger charge is 2.11. The normalized spacial score (nSPS) is 11.9. The molecule has 0 fully saturated rings. The van der Waals surface area contributed by atoms with Crippen LogP contribution in [0.3, 0.4) is 0 Å². The minimum absolute atomic E-state index is 0.0427. The molecule has 3 rings (SSSR count). The van der Waals surface area contributed by atoms with Gasteiger partial charge in [-0.15, -0.1) is 0 Å². The Morgan fingerprint density at radius 1 is 1.13 bits per heavy atom. The predicted octanol–water partition coefficient (Wildman–Crippen LogP) is 4.97. The summed E-state index contributed by atoms with van der Waals surface area (Å²) in [5.41, 5.74) is 3.56. The number of ether oxygens (including phenoxy) is 2. The number of aliphatic hydroxyl groups excluding tert-OH is 1. The predicted molar refractivity (Wildman–Crippen MR) is 120 cm³/mol. The number of carbonyl (C=O) groups excluding carboxylic acids is 1. The van der Waals surface area contributed by atoms with Crippen LogP contribution in [0.5, 0.6) is 5.75 Å². The van der Waals surface area contributed by atoms with Crippen molar-refractivity contribution in [2.45, 2.75) is 38.8 Å². The minimum atomic E-state index is -0.894. The van der Waals surface area contributed by atoms with E-state index < -0.39 is 12.1 Å². The third-order valence-corrected chi connectivity index (χ3v) is 4.97. The zero-order valence-corrected chi connectivity index (χ0v) is 17.4. The zero-order chi connectivity index (χ0) is 21.3. The van der Waals surface area contributed by atoms with Gasteiger partial charge in [-0.1, -0.05) is 44.5 Å². The van der Waals surface area contributed by atoms with E-state index in [9.17, 15) is 9.90 Å². The summed E-state index contributed by atoms with van der Waals surface area (Å²) in [7, 11) is 0. The summed E-state index contributed by atoms with van der Waals surface area (Å²) >= 11 is 0. The maximum Gasteiger partial charge on any atom is 0.330 e. The maximum atomic E-state index is 11.0. The first-order valence-corrected chi connectivity index (χ1v) is 10.4. The fraction of sp³-hybridized carbons (Fsp3) is 0.320. The molecule has 0 aliphatic heterocycles. The molecule has 0 bridgehead atoms. The first kappa shape index (κ1) is 21.7. The molecule has 1 unspecified atom stereocenters. The SMILES string of the molecule is C=CC(=O)OCC(O)COc1ccc(-c2cc3ccccc3n2CCCCC)cc1. The Kier molecular flexibility index (Phi) is 7.69. The summed E-state index contributed by atoms with van der Waals surface area (Å²) in [6.45, 7) is 6.44. The maximum absolute atomic E-state index is 11.0. The number of aromatic nitrogens is 1. The largest absolute Gasteiger partial charge is 0.491 e. The van der Waals surface area contributed by atoms with Crippen molar-refractivity contribution >= 4 is 16.9 Å². The molecule has 30 heavy (non-hydrogen) atoms. The van der Waals surface area contributed by atoms with Crippen molar-refractivity contribution in [3.05, 3.63) is 67.3 Å². The smallest absolute Gasteiger partial charge is 0.330 e. The molecule has 1 atom stereocenters.